The van der Waals surface area contributed by atoms with Crippen LogP contribution in [0.2, 0.25) is 0 Å². The van der Waals surface area contributed by atoms with Gasteiger partial charge in [-0.2, -0.15) is 5.10 Å². The number of benzene rings is 1. The summed E-state index contributed by atoms with van der Waals surface area (Å²) >= 11 is 0. The number of aryl methyl sites for hydroxylation is 2. The zero-order chi connectivity index (χ0) is 14.5. The third-order valence-electron chi connectivity index (χ3n) is 2.88. The highest BCUT2D eigenvalue weighted by molar-refractivity contribution is 5.98. The van der Waals surface area contributed by atoms with Crippen molar-refractivity contribution in [3.63, 3.8) is 0 Å². The second kappa shape index (κ2) is 6.10. The molecule has 20 heavy (non-hydrogen) atoms. The number of amidine groups is 1. The molecule has 0 aliphatic rings. The van der Waals surface area contributed by atoms with E-state index in [0.717, 1.165) is 18.5 Å². The number of hydrogen-bond acceptors (Lipinski definition) is 4. The van der Waals surface area contributed by atoms with Crippen LogP contribution in [0.25, 0.3) is 0 Å². The quantitative estimate of drug-likeness (QED) is 0.379. The first-order valence-corrected chi connectivity index (χ1v) is 6.43. The Morgan fingerprint density at radius 3 is 2.90 bits per heavy atom. The zero-order valence-corrected chi connectivity index (χ0v) is 11.6. The molecule has 0 radical (unpaired) electrons. The molecule has 0 aliphatic carbocycles. The van der Waals surface area contributed by atoms with E-state index in [1.807, 2.05) is 23.9 Å². The number of oxime groups is 1. The Morgan fingerprint density at radius 1 is 1.45 bits per heavy atom. The molecule has 1 heterocycles. The maximum absolute atomic E-state index is 8.69. The van der Waals surface area contributed by atoms with Gasteiger partial charge in [-0.3, -0.25) is 4.68 Å². The minimum Gasteiger partial charge on any atom is -0.454 e. The molecule has 0 bridgehead atoms. The van der Waals surface area contributed by atoms with Gasteiger partial charge in [0.05, 0.1) is 12.4 Å². The van der Waals surface area contributed by atoms with Crippen LogP contribution in [0.15, 0.2) is 35.7 Å². The van der Waals surface area contributed by atoms with Gasteiger partial charge in [-0.15, -0.1) is 0 Å². The van der Waals surface area contributed by atoms with Gasteiger partial charge in [-0.05, 0) is 37.1 Å². The molecule has 0 aliphatic heterocycles. The molecule has 0 amide bonds. The van der Waals surface area contributed by atoms with Crippen molar-refractivity contribution in [1.29, 1.82) is 0 Å². The average Bonchev–Trinajstić information content (AvgIpc) is 2.86. The topological polar surface area (TPSA) is 85.7 Å². The average molecular weight is 274 g/mol. The van der Waals surface area contributed by atoms with Gasteiger partial charge >= 0.3 is 0 Å². The SMILES string of the molecule is CCCn1cc(Oc2ccc(/C(N)=N/O)c(C)c2)cn1. The second-order valence-corrected chi connectivity index (χ2v) is 4.50. The number of hydrogen-bond donors (Lipinski definition) is 2. The van der Waals surface area contributed by atoms with Crippen LogP contribution in [0.4, 0.5) is 0 Å². The molecule has 1 aromatic heterocycles. The van der Waals surface area contributed by atoms with Crippen LogP contribution < -0.4 is 10.5 Å². The number of aromatic nitrogens is 2. The Labute approximate surface area is 117 Å². The summed E-state index contributed by atoms with van der Waals surface area (Å²) in [4.78, 5) is 0. The maximum Gasteiger partial charge on any atom is 0.170 e. The highest BCUT2D eigenvalue weighted by Gasteiger charge is 2.07. The molecule has 2 rings (SSSR count). The number of nitrogens with two attached hydrogens (primary N) is 1. The van der Waals surface area contributed by atoms with E-state index >= 15 is 0 Å². The summed E-state index contributed by atoms with van der Waals surface area (Å²) in [5.41, 5.74) is 7.14. The summed E-state index contributed by atoms with van der Waals surface area (Å²) in [7, 11) is 0. The minimum atomic E-state index is 0.0878. The van der Waals surface area contributed by atoms with Gasteiger partial charge in [0.2, 0.25) is 0 Å². The van der Waals surface area contributed by atoms with E-state index in [-0.39, 0.29) is 5.84 Å². The lowest BCUT2D eigenvalue weighted by atomic mass is 10.1. The van der Waals surface area contributed by atoms with Crippen LogP contribution in [-0.2, 0) is 6.54 Å². The van der Waals surface area contributed by atoms with Gasteiger partial charge in [0.1, 0.15) is 5.75 Å². The molecule has 0 spiro atoms. The van der Waals surface area contributed by atoms with Crippen molar-refractivity contribution in [2.24, 2.45) is 10.9 Å². The van der Waals surface area contributed by atoms with Gasteiger partial charge in [-0.25, -0.2) is 0 Å². The fourth-order valence-electron chi connectivity index (χ4n) is 1.93. The first-order chi connectivity index (χ1) is 9.63. The first kappa shape index (κ1) is 13.9. The predicted octanol–water partition coefficient (Wildman–Crippen LogP) is 2.49. The normalized spacial score (nSPS) is 11.6. The molecule has 6 heteroatoms. The molecular formula is C14H18N4O2. The van der Waals surface area contributed by atoms with Crippen molar-refractivity contribution in [2.75, 3.05) is 0 Å². The van der Waals surface area contributed by atoms with Crippen LogP contribution in [0, 0.1) is 6.92 Å². The third-order valence-corrected chi connectivity index (χ3v) is 2.88. The van der Waals surface area contributed by atoms with Gasteiger partial charge in [-0.1, -0.05) is 12.1 Å². The van der Waals surface area contributed by atoms with E-state index in [1.54, 1.807) is 18.3 Å². The zero-order valence-electron chi connectivity index (χ0n) is 11.6. The molecule has 0 fully saturated rings. The molecular weight excluding hydrogens is 256 g/mol. The second-order valence-electron chi connectivity index (χ2n) is 4.50. The molecule has 0 atom stereocenters. The maximum atomic E-state index is 8.69. The van der Waals surface area contributed by atoms with Gasteiger partial charge in [0.25, 0.3) is 0 Å². The standard InChI is InChI=1S/C14H18N4O2/c1-3-6-18-9-12(8-16-18)20-11-4-5-13(10(2)7-11)14(15)17-19/h4-5,7-9,19H,3,6H2,1-2H3,(H2,15,17). The number of nitrogens with zero attached hydrogens (tertiary/aromatic N) is 3. The fourth-order valence-corrected chi connectivity index (χ4v) is 1.93. The Kier molecular flexibility index (Phi) is 4.24. The molecule has 6 nitrogen and oxygen atoms in total. The summed E-state index contributed by atoms with van der Waals surface area (Å²) in [6, 6.07) is 5.37. The van der Waals surface area contributed by atoms with Crippen LogP contribution in [0.1, 0.15) is 24.5 Å². The van der Waals surface area contributed by atoms with Crippen LogP contribution >= 0.6 is 0 Å². The lowest BCUT2D eigenvalue weighted by Crippen LogP contribution is -2.14. The van der Waals surface area contributed by atoms with E-state index in [0.29, 0.717) is 17.1 Å². The summed E-state index contributed by atoms with van der Waals surface area (Å²) in [5.74, 6) is 1.47. The molecule has 0 saturated heterocycles. The fraction of sp³-hybridized carbons (Fsp3) is 0.286. The van der Waals surface area contributed by atoms with E-state index in [1.165, 1.54) is 0 Å². The van der Waals surface area contributed by atoms with Crippen LogP contribution in [0.5, 0.6) is 11.5 Å². The van der Waals surface area contributed by atoms with Gasteiger partial charge < -0.3 is 15.7 Å². The Balaban J connectivity index is 2.15. The van der Waals surface area contributed by atoms with Crippen molar-refractivity contribution in [2.45, 2.75) is 26.8 Å². The lowest BCUT2D eigenvalue weighted by Gasteiger charge is -2.07. The Bertz CT molecular complexity index is 619. The molecule has 0 saturated carbocycles. The van der Waals surface area contributed by atoms with Gasteiger partial charge in [0, 0.05) is 12.1 Å². The van der Waals surface area contributed by atoms with Crippen molar-refractivity contribution in [3.8, 4) is 11.5 Å². The Morgan fingerprint density at radius 2 is 2.25 bits per heavy atom. The highest BCUT2D eigenvalue weighted by Crippen LogP contribution is 2.23. The first-order valence-electron chi connectivity index (χ1n) is 6.43. The molecule has 1 aromatic carbocycles. The molecule has 2 aromatic rings. The Hall–Kier alpha value is -2.50. The molecule has 3 N–H and O–H groups in total. The summed E-state index contributed by atoms with van der Waals surface area (Å²) < 4.78 is 7.57. The van der Waals surface area contributed by atoms with Crippen molar-refractivity contribution < 1.29 is 9.94 Å². The summed E-state index contributed by atoms with van der Waals surface area (Å²) in [5, 5.41) is 15.9. The smallest absolute Gasteiger partial charge is 0.170 e. The van der Waals surface area contributed by atoms with E-state index in [2.05, 4.69) is 17.2 Å². The van der Waals surface area contributed by atoms with Crippen molar-refractivity contribution in [1.82, 2.24) is 9.78 Å². The van der Waals surface area contributed by atoms with E-state index in [9.17, 15) is 0 Å². The number of rotatable bonds is 5. The highest BCUT2D eigenvalue weighted by atomic mass is 16.5. The molecule has 0 unspecified atom stereocenters. The van der Waals surface area contributed by atoms with Gasteiger partial charge in [0.15, 0.2) is 11.6 Å². The van der Waals surface area contributed by atoms with Crippen molar-refractivity contribution in [3.05, 3.63) is 41.7 Å². The predicted molar refractivity (Wildman–Crippen MR) is 76.3 cm³/mol. The minimum absolute atomic E-state index is 0.0878. The van der Waals surface area contributed by atoms with E-state index in [4.69, 9.17) is 15.7 Å². The van der Waals surface area contributed by atoms with Crippen LogP contribution in [0.3, 0.4) is 0 Å². The summed E-state index contributed by atoms with van der Waals surface area (Å²) in [6.45, 7) is 4.84. The molecule has 106 valence electrons. The monoisotopic (exact) mass is 274 g/mol. The third kappa shape index (κ3) is 3.09. The van der Waals surface area contributed by atoms with Crippen LogP contribution in [-0.4, -0.2) is 20.8 Å². The lowest BCUT2D eigenvalue weighted by molar-refractivity contribution is 0.318. The largest absolute Gasteiger partial charge is 0.454 e. The van der Waals surface area contributed by atoms with E-state index < -0.39 is 0 Å². The summed E-state index contributed by atoms with van der Waals surface area (Å²) in [6.07, 6.45) is 4.56. The van der Waals surface area contributed by atoms with Crippen molar-refractivity contribution >= 4 is 5.84 Å². The number of ether oxygens (including phenoxy) is 1.